The summed E-state index contributed by atoms with van der Waals surface area (Å²) in [5.74, 6) is 0. The molecule has 0 heterocycles. The van der Waals surface area contributed by atoms with Gasteiger partial charge in [0, 0.05) is 0 Å². The Morgan fingerprint density at radius 2 is 1.73 bits per heavy atom. The smallest absolute Gasteiger partial charge is 0.0596 e. The molecule has 0 amide bonds. The largest absolute Gasteiger partial charge is 0.411 e. The molecule has 0 atom stereocenters. The van der Waals surface area contributed by atoms with Crippen LogP contribution in [0, 0.1) is 0 Å². The van der Waals surface area contributed by atoms with Crippen LogP contribution in [0.3, 0.4) is 0 Å². The summed E-state index contributed by atoms with van der Waals surface area (Å²) in [4.78, 5) is 0. The molecular formula is C7H9Br2NO. The molecule has 1 fully saturated rings. The van der Waals surface area contributed by atoms with Gasteiger partial charge in [-0.3, -0.25) is 0 Å². The maximum absolute atomic E-state index is 8.46. The molecular weight excluding hydrogens is 274 g/mol. The van der Waals surface area contributed by atoms with Crippen molar-refractivity contribution >= 4 is 37.6 Å². The third-order valence-corrected chi connectivity index (χ3v) is 2.96. The molecule has 1 rings (SSSR count). The van der Waals surface area contributed by atoms with Gasteiger partial charge in [0.25, 0.3) is 0 Å². The van der Waals surface area contributed by atoms with Gasteiger partial charge in [0.05, 0.1) is 9.10 Å². The first-order chi connectivity index (χ1) is 5.24. The number of oxime groups is 1. The molecule has 1 aliphatic rings. The summed E-state index contributed by atoms with van der Waals surface area (Å²) < 4.78 is 1.06. The van der Waals surface area contributed by atoms with Crippen LogP contribution in [0.4, 0.5) is 0 Å². The third kappa shape index (κ3) is 2.60. The molecule has 0 aromatic carbocycles. The minimum atomic E-state index is 0.881. The van der Waals surface area contributed by atoms with Gasteiger partial charge in [-0.25, -0.2) is 0 Å². The molecule has 1 saturated carbocycles. The van der Waals surface area contributed by atoms with E-state index in [-0.39, 0.29) is 0 Å². The topological polar surface area (TPSA) is 32.6 Å². The Hall–Kier alpha value is 0.170. The summed E-state index contributed by atoms with van der Waals surface area (Å²) in [5, 5.41) is 11.7. The minimum Gasteiger partial charge on any atom is -0.411 e. The van der Waals surface area contributed by atoms with E-state index in [1.165, 1.54) is 5.57 Å². The van der Waals surface area contributed by atoms with Gasteiger partial charge in [-0.15, -0.1) is 0 Å². The van der Waals surface area contributed by atoms with Crippen molar-refractivity contribution < 1.29 is 5.21 Å². The molecule has 0 spiro atoms. The molecule has 0 aromatic rings. The molecule has 0 aliphatic heterocycles. The normalized spacial score (nSPS) is 18.4. The summed E-state index contributed by atoms with van der Waals surface area (Å²) in [6.07, 6.45) is 3.75. The highest BCUT2D eigenvalue weighted by Crippen LogP contribution is 2.30. The van der Waals surface area contributed by atoms with Crippen molar-refractivity contribution in [3.63, 3.8) is 0 Å². The van der Waals surface area contributed by atoms with Crippen LogP contribution in [0.1, 0.15) is 25.7 Å². The van der Waals surface area contributed by atoms with Gasteiger partial charge < -0.3 is 5.21 Å². The van der Waals surface area contributed by atoms with Crippen molar-refractivity contribution in [3.05, 3.63) is 8.96 Å². The first-order valence-electron chi connectivity index (χ1n) is 3.47. The maximum atomic E-state index is 8.46. The Morgan fingerprint density at radius 1 is 1.18 bits per heavy atom. The fraction of sp³-hybridized carbons (Fsp3) is 0.571. The van der Waals surface area contributed by atoms with Crippen LogP contribution in [-0.4, -0.2) is 10.9 Å². The van der Waals surface area contributed by atoms with E-state index >= 15 is 0 Å². The quantitative estimate of drug-likeness (QED) is 0.536. The lowest BCUT2D eigenvalue weighted by Crippen LogP contribution is -2.06. The van der Waals surface area contributed by atoms with Gasteiger partial charge >= 0.3 is 0 Å². The molecule has 0 bridgehead atoms. The van der Waals surface area contributed by atoms with Crippen LogP contribution in [0.15, 0.2) is 14.1 Å². The number of halogens is 2. The minimum absolute atomic E-state index is 0.881. The zero-order valence-corrected chi connectivity index (χ0v) is 9.15. The number of hydrogen-bond acceptors (Lipinski definition) is 2. The number of hydrogen-bond donors (Lipinski definition) is 1. The van der Waals surface area contributed by atoms with Crippen LogP contribution < -0.4 is 0 Å². The molecule has 1 N–H and O–H groups in total. The summed E-state index contributed by atoms with van der Waals surface area (Å²) in [7, 11) is 0. The Balaban J connectivity index is 2.56. The van der Waals surface area contributed by atoms with E-state index in [4.69, 9.17) is 5.21 Å². The number of rotatable bonds is 0. The van der Waals surface area contributed by atoms with Gasteiger partial charge in [-0.05, 0) is 63.1 Å². The predicted octanol–water partition coefficient (Wildman–Crippen LogP) is 3.39. The van der Waals surface area contributed by atoms with E-state index in [1.54, 1.807) is 0 Å². The predicted molar refractivity (Wildman–Crippen MR) is 52.6 cm³/mol. The van der Waals surface area contributed by atoms with Gasteiger partial charge in [-0.1, -0.05) is 5.16 Å². The molecule has 62 valence electrons. The van der Waals surface area contributed by atoms with Gasteiger partial charge in [0.1, 0.15) is 0 Å². The lowest BCUT2D eigenvalue weighted by molar-refractivity contribution is 0.315. The zero-order valence-electron chi connectivity index (χ0n) is 5.98. The highest BCUT2D eigenvalue weighted by molar-refractivity contribution is 9.28. The highest BCUT2D eigenvalue weighted by Gasteiger charge is 2.13. The standard InChI is InChI=1S/C7H9Br2NO/c8-7(9)5-1-3-6(10-11)4-2-5/h11H,1-4H2. The van der Waals surface area contributed by atoms with Gasteiger partial charge in [0.2, 0.25) is 0 Å². The molecule has 0 aromatic heterocycles. The van der Waals surface area contributed by atoms with Crippen molar-refractivity contribution in [2.24, 2.45) is 5.16 Å². The van der Waals surface area contributed by atoms with Gasteiger partial charge in [0.15, 0.2) is 0 Å². The van der Waals surface area contributed by atoms with Crippen molar-refractivity contribution in [3.8, 4) is 0 Å². The molecule has 0 saturated heterocycles. The zero-order chi connectivity index (χ0) is 8.27. The van der Waals surface area contributed by atoms with Crippen molar-refractivity contribution in [1.82, 2.24) is 0 Å². The van der Waals surface area contributed by atoms with E-state index in [0.29, 0.717) is 0 Å². The summed E-state index contributed by atoms with van der Waals surface area (Å²) in [6, 6.07) is 0. The highest BCUT2D eigenvalue weighted by atomic mass is 79.9. The SMILES string of the molecule is ON=C1CCC(=C(Br)Br)CC1. The first kappa shape index (κ1) is 9.26. The molecule has 2 nitrogen and oxygen atoms in total. The molecule has 4 heteroatoms. The van der Waals surface area contributed by atoms with E-state index in [0.717, 1.165) is 34.8 Å². The number of nitrogens with zero attached hydrogens (tertiary/aromatic N) is 1. The van der Waals surface area contributed by atoms with Crippen LogP contribution in [-0.2, 0) is 0 Å². The van der Waals surface area contributed by atoms with E-state index in [1.807, 2.05) is 0 Å². The molecule has 0 radical (unpaired) electrons. The van der Waals surface area contributed by atoms with Gasteiger partial charge in [-0.2, -0.15) is 0 Å². The van der Waals surface area contributed by atoms with Crippen LogP contribution in [0.2, 0.25) is 0 Å². The summed E-state index contributed by atoms with van der Waals surface area (Å²) in [5.41, 5.74) is 2.28. The Morgan fingerprint density at radius 3 is 2.09 bits per heavy atom. The van der Waals surface area contributed by atoms with Crippen LogP contribution >= 0.6 is 31.9 Å². The third-order valence-electron chi connectivity index (χ3n) is 1.84. The van der Waals surface area contributed by atoms with Crippen molar-refractivity contribution in [1.29, 1.82) is 0 Å². The molecule has 0 unspecified atom stereocenters. The monoisotopic (exact) mass is 281 g/mol. The lowest BCUT2D eigenvalue weighted by atomic mass is 9.95. The summed E-state index contributed by atoms with van der Waals surface area (Å²) in [6.45, 7) is 0. The average molecular weight is 283 g/mol. The average Bonchev–Trinajstić information content (AvgIpc) is 2.05. The second kappa shape index (κ2) is 4.26. The molecule has 1 aliphatic carbocycles. The Bertz CT molecular complexity index is 194. The molecule has 11 heavy (non-hydrogen) atoms. The second-order valence-corrected chi connectivity index (χ2v) is 5.18. The van der Waals surface area contributed by atoms with Crippen LogP contribution in [0.5, 0.6) is 0 Å². The Labute approximate surface area is 82.6 Å². The fourth-order valence-electron chi connectivity index (χ4n) is 1.13. The van der Waals surface area contributed by atoms with E-state index in [9.17, 15) is 0 Å². The van der Waals surface area contributed by atoms with E-state index in [2.05, 4.69) is 37.0 Å². The maximum Gasteiger partial charge on any atom is 0.0596 e. The van der Waals surface area contributed by atoms with E-state index < -0.39 is 0 Å². The van der Waals surface area contributed by atoms with Crippen molar-refractivity contribution in [2.45, 2.75) is 25.7 Å². The lowest BCUT2D eigenvalue weighted by Gasteiger charge is -2.14. The first-order valence-corrected chi connectivity index (χ1v) is 5.05. The number of allylic oxidation sites excluding steroid dienone is 1. The Kier molecular flexibility index (Phi) is 3.59. The fourth-order valence-corrected chi connectivity index (χ4v) is 1.92. The van der Waals surface area contributed by atoms with Crippen molar-refractivity contribution in [2.75, 3.05) is 0 Å². The van der Waals surface area contributed by atoms with Crippen LogP contribution in [0.25, 0.3) is 0 Å². The summed E-state index contributed by atoms with van der Waals surface area (Å²) >= 11 is 6.74. The second-order valence-electron chi connectivity index (χ2n) is 2.53.